The summed E-state index contributed by atoms with van der Waals surface area (Å²) in [7, 11) is 0. The lowest BCUT2D eigenvalue weighted by molar-refractivity contribution is -0.137. The Kier molecular flexibility index (Phi) is 3.36. The fraction of sp³-hybridized carbons (Fsp3) is 0.455. The predicted molar refractivity (Wildman–Crippen MR) is 63.8 cm³/mol. The minimum atomic E-state index is -4.34. The lowest BCUT2D eigenvalue weighted by Crippen LogP contribution is -2.44. The Morgan fingerprint density at radius 3 is 2.47 bits per heavy atom. The minimum Gasteiger partial charge on any atom is -0.382 e. The highest BCUT2D eigenvalue weighted by Crippen LogP contribution is 2.37. The standard InChI is InChI=1S/C11H12BrF3N2/c12-6-1-2-9(11(13,14)15)10(3-6)17-8-4-7(16)5-8/h1-3,7-8,17H,4-5,16H2. The smallest absolute Gasteiger partial charge is 0.382 e. The van der Waals surface area contributed by atoms with E-state index < -0.39 is 11.7 Å². The Balaban J connectivity index is 2.21. The van der Waals surface area contributed by atoms with Crippen LogP contribution in [0.1, 0.15) is 18.4 Å². The summed E-state index contributed by atoms with van der Waals surface area (Å²) in [5.74, 6) is 0. The second kappa shape index (κ2) is 4.49. The van der Waals surface area contributed by atoms with E-state index in [9.17, 15) is 13.2 Å². The van der Waals surface area contributed by atoms with Gasteiger partial charge in [0.2, 0.25) is 0 Å². The Labute approximate surface area is 106 Å². The molecule has 0 aromatic heterocycles. The zero-order chi connectivity index (χ0) is 12.6. The topological polar surface area (TPSA) is 38.0 Å². The number of halogens is 4. The maximum Gasteiger partial charge on any atom is 0.418 e. The molecule has 1 aromatic carbocycles. The van der Waals surface area contributed by atoms with E-state index in [-0.39, 0.29) is 17.8 Å². The van der Waals surface area contributed by atoms with Gasteiger partial charge < -0.3 is 11.1 Å². The van der Waals surface area contributed by atoms with E-state index in [1.807, 2.05) is 0 Å². The van der Waals surface area contributed by atoms with E-state index >= 15 is 0 Å². The highest BCUT2D eigenvalue weighted by Gasteiger charge is 2.35. The van der Waals surface area contributed by atoms with Gasteiger partial charge >= 0.3 is 6.18 Å². The summed E-state index contributed by atoms with van der Waals surface area (Å²) in [5, 5.41) is 2.89. The van der Waals surface area contributed by atoms with Crippen LogP contribution in [-0.2, 0) is 6.18 Å². The molecule has 0 saturated heterocycles. The molecular weight excluding hydrogens is 297 g/mol. The van der Waals surface area contributed by atoms with Crippen LogP contribution in [0.3, 0.4) is 0 Å². The maximum atomic E-state index is 12.7. The van der Waals surface area contributed by atoms with Gasteiger partial charge in [-0.15, -0.1) is 0 Å². The van der Waals surface area contributed by atoms with Crippen molar-refractivity contribution in [2.75, 3.05) is 5.32 Å². The van der Waals surface area contributed by atoms with E-state index in [0.717, 1.165) is 6.07 Å². The maximum absolute atomic E-state index is 12.7. The molecule has 0 aliphatic heterocycles. The summed E-state index contributed by atoms with van der Waals surface area (Å²) in [5.41, 5.74) is 5.08. The van der Waals surface area contributed by atoms with Crippen LogP contribution in [0.2, 0.25) is 0 Å². The van der Waals surface area contributed by atoms with Gasteiger partial charge in [0.15, 0.2) is 0 Å². The van der Waals surface area contributed by atoms with E-state index in [1.165, 1.54) is 12.1 Å². The number of nitrogens with two attached hydrogens (primary N) is 1. The molecule has 2 rings (SSSR count). The Morgan fingerprint density at radius 2 is 1.94 bits per heavy atom. The molecule has 1 aliphatic rings. The first-order chi connectivity index (χ1) is 7.86. The summed E-state index contributed by atoms with van der Waals surface area (Å²) in [6.45, 7) is 0. The van der Waals surface area contributed by atoms with Crippen LogP contribution in [0.5, 0.6) is 0 Å². The minimum absolute atomic E-state index is 0.0420. The van der Waals surface area contributed by atoms with Gasteiger partial charge in [-0.2, -0.15) is 13.2 Å². The number of anilines is 1. The SMILES string of the molecule is NC1CC(Nc2cc(Br)ccc2C(F)(F)F)C1. The van der Waals surface area contributed by atoms with Crippen molar-refractivity contribution in [1.29, 1.82) is 0 Å². The first-order valence-corrected chi connectivity index (χ1v) is 6.04. The number of alkyl halides is 3. The molecular formula is C11H12BrF3N2. The third kappa shape index (κ3) is 2.93. The third-order valence-corrected chi connectivity index (χ3v) is 3.31. The summed E-state index contributed by atoms with van der Waals surface area (Å²) in [6.07, 6.45) is -2.91. The number of benzene rings is 1. The zero-order valence-corrected chi connectivity index (χ0v) is 10.5. The number of rotatable bonds is 2. The molecule has 0 spiro atoms. The molecule has 0 unspecified atom stereocenters. The predicted octanol–water partition coefficient (Wildman–Crippen LogP) is 3.37. The van der Waals surface area contributed by atoms with Gasteiger partial charge in [0.25, 0.3) is 0 Å². The van der Waals surface area contributed by atoms with Gasteiger partial charge in [0, 0.05) is 22.2 Å². The van der Waals surface area contributed by atoms with Gasteiger partial charge in [-0.3, -0.25) is 0 Å². The summed E-state index contributed by atoms with van der Waals surface area (Å²) in [4.78, 5) is 0. The number of hydrogen-bond donors (Lipinski definition) is 2. The first kappa shape index (κ1) is 12.7. The zero-order valence-electron chi connectivity index (χ0n) is 8.89. The van der Waals surface area contributed by atoms with Crippen molar-refractivity contribution in [3.8, 4) is 0 Å². The van der Waals surface area contributed by atoms with Crippen molar-refractivity contribution in [2.24, 2.45) is 5.73 Å². The monoisotopic (exact) mass is 308 g/mol. The normalized spacial score (nSPS) is 24.3. The Bertz CT molecular complexity index is 414. The molecule has 0 radical (unpaired) electrons. The summed E-state index contributed by atoms with van der Waals surface area (Å²) in [6, 6.07) is 4.06. The Hall–Kier alpha value is -0.750. The van der Waals surface area contributed by atoms with Crippen molar-refractivity contribution >= 4 is 21.6 Å². The van der Waals surface area contributed by atoms with Gasteiger partial charge in [0.05, 0.1) is 5.56 Å². The van der Waals surface area contributed by atoms with E-state index in [0.29, 0.717) is 17.3 Å². The fourth-order valence-corrected chi connectivity index (χ4v) is 2.24. The molecule has 94 valence electrons. The molecule has 0 heterocycles. The molecule has 17 heavy (non-hydrogen) atoms. The van der Waals surface area contributed by atoms with Crippen molar-refractivity contribution in [3.05, 3.63) is 28.2 Å². The van der Waals surface area contributed by atoms with Crippen LogP contribution < -0.4 is 11.1 Å². The highest BCUT2D eigenvalue weighted by molar-refractivity contribution is 9.10. The van der Waals surface area contributed by atoms with Gasteiger partial charge in [-0.25, -0.2) is 0 Å². The molecule has 6 heteroatoms. The Morgan fingerprint density at radius 1 is 1.29 bits per heavy atom. The van der Waals surface area contributed by atoms with Crippen LogP contribution in [0.15, 0.2) is 22.7 Å². The van der Waals surface area contributed by atoms with Crippen LogP contribution in [-0.4, -0.2) is 12.1 Å². The molecule has 3 N–H and O–H groups in total. The van der Waals surface area contributed by atoms with Crippen LogP contribution in [0.4, 0.5) is 18.9 Å². The van der Waals surface area contributed by atoms with Crippen molar-refractivity contribution in [2.45, 2.75) is 31.1 Å². The fourth-order valence-electron chi connectivity index (χ4n) is 1.88. The second-order valence-corrected chi connectivity index (χ2v) is 5.18. The van der Waals surface area contributed by atoms with Gasteiger partial charge in [0.1, 0.15) is 0 Å². The van der Waals surface area contributed by atoms with E-state index in [1.54, 1.807) is 0 Å². The van der Waals surface area contributed by atoms with E-state index in [2.05, 4.69) is 21.2 Å². The lowest BCUT2D eigenvalue weighted by atomic mass is 9.87. The average molecular weight is 309 g/mol. The largest absolute Gasteiger partial charge is 0.418 e. The van der Waals surface area contributed by atoms with Crippen molar-refractivity contribution in [3.63, 3.8) is 0 Å². The molecule has 0 atom stereocenters. The van der Waals surface area contributed by atoms with Crippen molar-refractivity contribution in [1.82, 2.24) is 0 Å². The molecule has 1 saturated carbocycles. The molecule has 1 aromatic rings. The average Bonchev–Trinajstić information content (AvgIpc) is 2.13. The molecule has 0 bridgehead atoms. The molecule has 1 aliphatic carbocycles. The second-order valence-electron chi connectivity index (χ2n) is 4.26. The van der Waals surface area contributed by atoms with Crippen molar-refractivity contribution < 1.29 is 13.2 Å². The van der Waals surface area contributed by atoms with E-state index in [4.69, 9.17) is 5.73 Å². The van der Waals surface area contributed by atoms with Gasteiger partial charge in [-0.05, 0) is 31.0 Å². The van der Waals surface area contributed by atoms with Crippen LogP contribution in [0, 0.1) is 0 Å². The first-order valence-electron chi connectivity index (χ1n) is 5.25. The quantitative estimate of drug-likeness (QED) is 0.879. The molecule has 2 nitrogen and oxygen atoms in total. The lowest BCUT2D eigenvalue weighted by Gasteiger charge is -2.34. The number of hydrogen-bond acceptors (Lipinski definition) is 2. The summed E-state index contributed by atoms with van der Waals surface area (Å²) < 4.78 is 38.9. The van der Waals surface area contributed by atoms with Crippen LogP contribution in [0.25, 0.3) is 0 Å². The highest BCUT2D eigenvalue weighted by atomic mass is 79.9. The molecule has 0 amide bonds. The third-order valence-electron chi connectivity index (χ3n) is 2.82. The molecule has 1 fully saturated rings. The number of nitrogens with one attached hydrogen (secondary N) is 1. The van der Waals surface area contributed by atoms with Crippen LogP contribution >= 0.6 is 15.9 Å². The summed E-state index contributed by atoms with van der Waals surface area (Å²) >= 11 is 3.17. The van der Waals surface area contributed by atoms with Gasteiger partial charge in [-0.1, -0.05) is 15.9 Å².